The number of pyridine rings is 2. The fourth-order valence-electron chi connectivity index (χ4n) is 5.13. The number of aromatic nitrogens is 2. The fourth-order valence-corrected chi connectivity index (χ4v) is 6.57. The lowest BCUT2D eigenvalue weighted by atomic mass is 10.1. The lowest BCUT2D eigenvalue weighted by molar-refractivity contribution is 0.414. The first-order valence-corrected chi connectivity index (χ1v) is 15.5. The number of hydrogen-bond donors (Lipinski definition) is 2. The molecule has 0 unspecified atom stereocenters. The Morgan fingerprint density at radius 3 is 2.21 bits per heavy atom. The van der Waals surface area contributed by atoms with Crippen molar-refractivity contribution in [3.63, 3.8) is 0 Å². The van der Waals surface area contributed by atoms with Crippen molar-refractivity contribution in [1.29, 1.82) is 0 Å². The number of rotatable bonds is 11. The monoisotopic (exact) mass is 583 g/mol. The first-order chi connectivity index (χ1) is 20.2. The van der Waals surface area contributed by atoms with Crippen molar-refractivity contribution >= 4 is 43.2 Å². The molecular weight excluding hydrogens is 546 g/mol. The van der Waals surface area contributed by atoms with Crippen molar-refractivity contribution < 1.29 is 13.2 Å². The van der Waals surface area contributed by atoms with Crippen LogP contribution in [0.5, 0.6) is 5.75 Å². The first-order valence-electron chi connectivity index (χ1n) is 14.0. The predicted octanol–water partition coefficient (Wildman–Crippen LogP) is 6.24. The lowest BCUT2D eigenvalue weighted by Gasteiger charge is -2.24. The van der Waals surface area contributed by atoms with Crippen LogP contribution < -0.4 is 15.4 Å². The summed E-state index contributed by atoms with van der Waals surface area (Å²) in [4.78, 5) is 9.45. The van der Waals surface area contributed by atoms with Crippen LogP contribution in [0.3, 0.4) is 0 Å². The highest BCUT2D eigenvalue weighted by Gasteiger charge is 2.24. The Hall–Kier alpha value is -4.21. The molecule has 5 rings (SSSR count). The largest absolute Gasteiger partial charge is 0.497 e. The molecule has 42 heavy (non-hydrogen) atoms. The van der Waals surface area contributed by atoms with Gasteiger partial charge in [0, 0.05) is 60.2 Å². The number of nitrogens with one attached hydrogen (secondary N) is 2. The molecule has 3 aromatic carbocycles. The molecule has 0 aliphatic carbocycles. The number of sulfonamides is 1. The maximum atomic E-state index is 13.9. The SMILES string of the molecule is COc1ccc(S(=O)(=O)N(CCNc2cc(C)nc3ccc(C)cc23)CCNc2c(C)cnc3cc(C)ccc23)cc1. The zero-order valence-electron chi connectivity index (χ0n) is 24.7. The Kier molecular flexibility index (Phi) is 8.61. The summed E-state index contributed by atoms with van der Waals surface area (Å²) in [5.41, 5.74) is 7.91. The molecule has 2 heterocycles. The van der Waals surface area contributed by atoms with Crippen molar-refractivity contribution in [2.45, 2.75) is 32.6 Å². The highest BCUT2D eigenvalue weighted by atomic mass is 32.2. The maximum Gasteiger partial charge on any atom is 0.243 e. The number of hydrogen-bond acceptors (Lipinski definition) is 7. The van der Waals surface area contributed by atoms with Crippen LogP contribution in [0.4, 0.5) is 11.4 Å². The van der Waals surface area contributed by atoms with Gasteiger partial charge in [0.1, 0.15) is 5.75 Å². The summed E-state index contributed by atoms with van der Waals surface area (Å²) in [6.07, 6.45) is 1.85. The van der Waals surface area contributed by atoms with Gasteiger partial charge in [0.05, 0.1) is 23.0 Å². The van der Waals surface area contributed by atoms with Crippen LogP contribution in [0.15, 0.2) is 77.8 Å². The standard InChI is InChI=1S/C33H37N5O3S/c1-22-7-13-30-29(18-22)32(20-25(4)37-30)34-14-16-38(42(39,40)27-10-8-26(41-5)9-11-27)17-15-35-33-24(3)21-36-31-19-23(2)6-12-28(31)33/h6-13,18-21H,14-17H2,1-5H3,(H,34,37)(H,35,36). The summed E-state index contributed by atoms with van der Waals surface area (Å²) in [5, 5.41) is 9.01. The van der Waals surface area contributed by atoms with Gasteiger partial charge in [-0.15, -0.1) is 0 Å². The van der Waals surface area contributed by atoms with E-state index in [1.54, 1.807) is 31.4 Å². The highest BCUT2D eigenvalue weighted by Crippen LogP contribution is 2.27. The smallest absolute Gasteiger partial charge is 0.243 e. The number of methoxy groups -OCH3 is 1. The van der Waals surface area contributed by atoms with Gasteiger partial charge in [0.2, 0.25) is 10.0 Å². The van der Waals surface area contributed by atoms with Gasteiger partial charge >= 0.3 is 0 Å². The third kappa shape index (κ3) is 6.32. The number of ether oxygens (including phenoxy) is 1. The summed E-state index contributed by atoms with van der Waals surface area (Å²) in [6.45, 7) is 9.48. The minimum absolute atomic E-state index is 0.227. The van der Waals surface area contributed by atoms with E-state index in [2.05, 4.69) is 44.9 Å². The molecule has 5 aromatic rings. The van der Waals surface area contributed by atoms with Crippen LogP contribution >= 0.6 is 0 Å². The van der Waals surface area contributed by atoms with Crippen LogP contribution in [0.2, 0.25) is 0 Å². The Labute approximate surface area is 247 Å². The minimum Gasteiger partial charge on any atom is -0.497 e. The number of anilines is 2. The van der Waals surface area contributed by atoms with E-state index in [1.165, 1.54) is 4.31 Å². The zero-order valence-corrected chi connectivity index (χ0v) is 25.5. The normalized spacial score (nSPS) is 11.8. The number of benzene rings is 3. The van der Waals surface area contributed by atoms with Crippen LogP contribution in [-0.4, -0.2) is 56.0 Å². The van der Waals surface area contributed by atoms with E-state index in [4.69, 9.17) is 4.74 Å². The lowest BCUT2D eigenvalue weighted by Crippen LogP contribution is -2.38. The summed E-state index contributed by atoms with van der Waals surface area (Å²) in [6, 6.07) is 20.9. The van der Waals surface area contributed by atoms with Gasteiger partial charge in [-0.2, -0.15) is 4.31 Å². The zero-order chi connectivity index (χ0) is 29.9. The third-order valence-electron chi connectivity index (χ3n) is 7.34. The van der Waals surface area contributed by atoms with Crippen molar-refractivity contribution in [1.82, 2.24) is 14.3 Å². The molecule has 0 spiro atoms. The molecule has 0 fully saturated rings. The average molecular weight is 584 g/mol. The van der Waals surface area contributed by atoms with E-state index in [0.717, 1.165) is 55.6 Å². The summed E-state index contributed by atoms with van der Waals surface area (Å²) < 4.78 is 34.5. The van der Waals surface area contributed by atoms with Gasteiger partial charge in [-0.1, -0.05) is 23.8 Å². The molecule has 0 saturated carbocycles. The van der Waals surface area contributed by atoms with Crippen LogP contribution in [0.25, 0.3) is 21.8 Å². The van der Waals surface area contributed by atoms with Crippen LogP contribution in [0, 0.1) is 27.7 Å². The topological polar surface area (TPSA) is 96.5 Å². The van der Waals surface area contributed by atoms with Crippen molar-refractivity contribution in [3.05, 3.63) is 95.3 Å². The molecule has 0 amide bonds. The molecule has 2 N–H and O–H groups in total. The molecule has 9 heteroatoms. The third-order valence-corrected chi connectivity index (χ3v) is 9.26. The molecule has 0 bridgehead atoms. The molecule has 0 aliphatic heterocycles. The van der Waals surface area contributed by atoms with Gasteiger partial charge in [-0.3, -0.25) is 9.97 Å². The molecule has 0 atom stereocenters. The molecule has 218 valence electrons. The highest BCUT2D eigenvalue weighted by molar-refractivity contribution is 7.89. The van der Waals surface area contributed by atoms with E-state index in [9.17, 15) is 8.42 Å². The second-order valence-electron chi connectivity index (χ2n) is 10.6. The van der Waals surface area contributed by atoms with Gasteiger partial charge in [0.25, 0.3) is 0 Å². The molecule has 0 saturated heterocycles. The molecule has 0 aliphatic rings. The van der Waals surface area contributed by atoms with Crippen molar-refractivity contribution in [2.75, 3.05) is 43.9 Å². The number of nitrogens with zero attached hydrogens (tertiary/aromatic N) is 3. The molecular formula is C33H37N5O3S. The Bertz CT molecular complexity index is 1840. The van der Waals surface area contributed by atoms with Crippen LogP contribution in [-0.2, 0) is 10.0 Å². The van der Waals surface area contributed by atoms with Gasteiger partial charge in [0.15, 0.2) is 0 Å². The Morgan fingerprint density at radius 1 is 0.786 bits per heavy atom. The predicted molar refractivity (Wildman–Crippen MR) is 171 cm³/mol. The Balaban J connectivity index is 1.38. The Morgan fingerprint density at radius 2 is 1.48 bits per heavy atom. The van der Waals surface area contributed by atoms with E-state index >= 15 is 0 Å². The van der Waals surface area contributed by atoms with Gasteiger partial charge < -0.3 is 15.4 Å². The van der Waals surface area contributed by atoms with Gasteiger partial charge in [-0.05, 0) is 87.4 Å². The maximum absolute atomic E-state index is 13.9. The number of aryl methyl sites for hydroxylation is 4. The molecule has 0 radical (unpaired) electrons. The quantitative estimate of drug-likeness (QED) is 0.190. The van der Waals surface area contributed by atoms with E-state index in [0.29, 0.717) is 18.8 Å². The molecule has 8 nitrogen and oxygen atoms in total. The van der Waals surface area contributed by atoms with E-state index in [1.807, 2.05) is 52.1 Å². The minimum atomic E-state index is -3.78. The van der Waals surface area contributed by atoms with Crippen molar-refractivity contribution in [3.8, 4) is 5.75 Å². The van der Waals surface area contributed by atoms with Crippen molar-refractivity contribution in [2.24, 2.45) is 0 Å². The second kappa shape index (κ2) is 12.3. The summed E-state index contributed by atoms with van der Waals surface area (Å²) >= 11 is 0. The average Bonchev–Trinajstić information content (AvgIpc) is 2.97. The van der Waals surface area contributed by atoms with Gasteiger partial charge in [-0.25, -0.2) is 8.42 Å². The number of fused-ring (bicyclic) bond motifs is 2. The van der Waals surface area contributed by atoms with E-state index in [-0.39, 0.29) is 18.0 Å². The summed E-state index contributed by atoms with van der Waals surface area (Å²) in [5.74, 6) is 0.606. The first kappa shape index (κ1) is 29.3. The fraction of sp³-hybridized carbons (Fsp3) is 0.273. The summed E-state index contributed by atoms with van der Waals surface area (Å²) in [7, 11) is -2.22. The second-order valence-corrected chi connectivity index (χ2v) is 12.5. The van der Waals surface area contributed by atoms with Crippen LogP contribution in [0.1, 0.15) is 22.4 Å². The molecule has 2 aromatic heterocycles. The van der Waals surface area contributed by atoms with E-state index < -0.39 is 10.0 Å².